The molecule has 2 aliphatic heterocycles. The van der Waals surface area contributed by atoms with Gasteiger partial charge in [-0.05, 0) is 40.0 Å². The van der Waals surface area contributed by atoms with Crippen molar-refractivity contribution in [2.75, 3.05) is 26.2 Å². The summed E-state index contributed by atoms with van der Waals surface area (Å²) in [4.78, 5) is 28.1. The Balaban J connectivity index is 1.84. The molecule has 0 bridgehead atoms. The number of rotatable bonds is 1. The van der Waals surface area contributed by atoms with Gasteiger partial charge in [0.2, 0.25) is 5.91 Å². The molecule has 0 aromatic rings. The average molecular weight is 306 g/mol. The molecule has 2 amide bonds. The number of ether oxygens (including phenoxy) is 1. The summed E-state index contributed by atoms with van der Waals surface area (Å²) >= 11 is 0. The first-order chi connectivity index (χ1) is 10.3. The van der Waals surface area contributed by atoms with Crippen LogP contribution in [0.1, 0.15) is 40.0 Å². The molecule has 1 atom stereocenters. The molecule has 0 aromatic carbocycles. The predicted octanol–water partition coefficient (Wildman–Crippen LogP) is 2.12. The summed E-state index contributed by atoms with van der Waals surface area (Å²) in [6.07, 6.45) is 7.59. The van der Waals surface area contributed by atoms with Crippen LogP contribution in [0.5, 0.6) is 0 Å². The Morgan fingerprint density at radius 3 is 2.23 bits per heavy atom. The van der Waals surface area contributed by atoms with Gasteiger partial charge in [-0.3, -0.25) is 4.79 Å². The fraction of sp³-hybridized carbons (Fsp3) is 0.765. The zero-order chi connectivity index (χ0) is 16.3. The summed E-state index contributed by atoms with van der Waals surface area (Å²) < 4.78 is 5.36. The third-order valence-corrected chi connectivity index (χ3v) is 4.23. The molecule has 122 valence electrons. The standard InChI is InChI=1S/C17H26N2O3/c1-5-13-6-9-18(10-7-13)15(20)14-8-11-19(12-14)16(21)22-17(2,3)4/h1,13-14H,6-12H2,2-4H3. The maximum absolute atomic E-state index is 12.5. The van der Waals surface area contributed by atoms with Crippen LogP contribution < -0.4 is 0 Å². The van der Waals surface area contributed by atoms with E-state index in [0.717, 1.165) is 25.9 Å². The van der Waals surface area contributed by atoms with Crippen molar-refractivity contribution < 1.29 is 14.3 Å². The topological polar surface area (TPSA) is 49.9 Å². The summed E-state index contributed by atoms with van der Waals surface area (Å²) in [6.45, 7) is 8.06. The van der Waals surface area contributed by atoms with Crippen LogP contribution in [-0.2, 0) is 9.53 Å². The number of nitrogens with zero attached hydrogens (tertiary/aromatic N) is 2. The number of terminal acetylenes is 1. The Bertz CT molecular complexity index is 467. The molecule has 2 heterocycles. The molecule has 2 fully saturated rings. The molecule has 0 radical (unpaired) electrons. The molecule has 0 spiro atoms. The third kappa shape index (κ3) is 4.16. The van der Waals surface area contributed by atoms with Crippen molar-refractivity contribution in [3.05, 3.63) is 0 Å². The summed E-state index contributed by atoms with van der Waals surface area (Å²) in [5, 5.41) is 0. The minimum atomic E-state index is -0.504. The van der Waals surface area contributed by atoms with Crippen LogP contribution in [0.3, 0.4) is 0 Å². The fourth-order valence-corrected chi connectivity index (χ4v) is 2.98. The number of hydrogen-bond donors (Lipinski definition) is 0. The Hall–Kier alpha value is -1.70. The third-order valence-electron chi connectivity index (χ3n) is 4.23. The smallest absolute Gasteiger partial charge is 0.410 e. The molecule has 2 saturated heterocycles. The lowest BCUT2D eigenvalue weighted by molar-refractivity contribution is -0.136. The van der Waals surface area contributed by atoms with Crippen LogP contribution >= 0.6 is 0 Å². The summed E-state index contributed by atoms with van der Waals surface area (Å²) in [6, 6.07) is 0. The van der Waals surface area contributed by atoms with Crippen LogP contribution in [0.2, 0.25) is 0 Å². The average Bonchev–Trinajstić information content (AvgIpc) is 2.95. The van der Waals surface area contributed by atoms with Gasteiger partial charge in [0.05, 0.1) is 5.92 Å². The van der Waals surface area contributed by atoms with Gasteiger partial charge in [-0.2, -0.15) is 0 Å². The van der Waals surface area contributed by atoms with Gasteiger partial charge in [0.25, 0.3) is 0 Å². The number of carbonyl (C=O) groups is 2. The summed E-state index contributed by atoms with van der Waals surface area (Å²) in [5.74, 6) is 3.12. The highest BCUT2D eigenvalue weighted by Gasteiger charge is 2.36. The molecule has 5 nitrogen and oxygen atoms in total. The predicted molar refractivity (Wildman–Crippen MR) is 84.1 cm³/mol. The monoisotopic (exact) mass is 306 g/mol. The van der Waals surface area contributed by atoms with Gasteiger partial charge >= 0.3 is 6.09 Å². The molecule has 2 aliphatic rings. The van der Waals surface area contributed by atoms with Gasteiger partial charge in [-0.1, -0.05) is 0 Å². The maximum Gasteiger partial charge on any atom is 0.410 e. The van der Waals surface area contributed by atoms with Gasteiger partial charge in [0.1, 0.15) is 5.60 Å². The Labute approximate surface area is 133 Å². The molecule has 5 heteroatoms. The van der Waals surface area contributed by atoms with Gasteiger partial charge < -0.3 is 14.5 Å². The highest BCUT2D eigenvalue weighted by molar-refractivity contribution is 5.80. The largest absolute Gasteiger partial charge is 0.444 e. The van der Waals surface area contributed by atoms with E-state index < -0.39 is 5.60 Å². The van der Waals surface area contributed by atoms with Gasteiger partial charge in [0, 0.05) is 32.1 Å². The first-order valence-corrected chi connectivity index (χ1v) is 8.03. The van der Waals surface area contributed by atoms with E-state index in [4.69, 9.17) is 11.2 Å². The van der Waals surface area contributed by atoms with Crippen molar-refractivity contribution in [1.82, 2.24) is 9.80 Å². The van der Waals surface area contributed by atoms with Gasteiger partial charge in [-0.25, -0.2) is 4.79 Å². The number of piperidine rings is 1. The number of likely N-dealkylation sites (tertiary alicyclic amines) is 2. The highest BCUT2D eigenvalue weighted by Crippen LogP contribution is 2.24. The van der Waals surface area contributed by atoms with Crippen molar-refractivity contribution in [3.63, 3.8) is 0 Å². The molecule has 0 aromatic heterocycles. The molecule has 2 rings (SSSR count). The van der Waals surface area contributed by atoms with Crippen LogP contribution in [0.25, 0.3) is 0 Å². The van der Waals surface area contributed by atoms with E-state index in [2.05, 4.69) is 5.92 Å². The zero-order valence-electron chi connectivity index (χ0n) is 13.8. The first kappa shape index (κ1) is 16.7. The maximum atomic E-state index is 12.5. The highest BCUT2D eigenvalue weighted by atomic mass is 16.6. The minimum Gasteiger partial charge on any atom is -0.444 e. The summed E-state index contributed by atoms with van der Waals surface area (Å²) in [7, 11) is 0. The molecule has 22 heavy (non-hydrogen) atoms. The number of hydrogen-bond acceptors (Lipinski definition) is 3. The van der Waals surface area contributed by atoms with E-state index in [1.165, 1.54) is 0 Å². The number of amides is 2. The molecule has 0 N–H and O–H groups in total. The van der Waals surface area contributed by atoms with E-state index in [1.54, 1.807) is 4.90 Å². The van der Waals surface area contributed by atoms with Crippen molar-refractivity contribution in [2.24, 2.45) is 11.8 Å². The minimum absolute atomic E-state index is 0.102. The second-order valence-electron chi connectivity index (χ2n) is 7.18. The SMILES string of the molecule is C#CC1CCN(C(=O)C2CCN(C(=O)OC(C)(C)C)C2)CC1. The van der Waals surface area contributed by atoms with E-state index in [1.807, 2.05) is 25.7 Å². The van der Waals surface area contributed by atoms with Crippen molar-refractivity contribution in [1.29, 1.82) is 0 Å². The molecular formula is C17H26N2O3. The van der Waals surface area contributed by atoms with Crippen LogP contribution in [0.4, 0.5) is 4.79 Å². The van der Waals surface area contributed by atoms with E-state index in [0.29, 0.717) is 25.4 Å². The van der Waals surface area contributed by atoms with Crippen LogP contribution in [0.15, 0.2) is 0 Å². The van der Waals surface area contributed by atoms with Crippen LogP contribution in [-0.4, -0.2) is 53.6 Å². The fourth-order valence-electron chi connectivity index (χ4n) is 2.98. The lowest BCUT2D eigenvalue weighted by Gasteiger charge is -2.31. The van der Waals surface area contributed by atoms with Gasteiger partial charge in [0.15, 0.2) is 0 Å². The van der Waals surface area contributed by atoms with Crippen molar-refractivity contribution in [3.8, 4) is 12.3 Å². The molecule has 1 unspecified atom stereocenters. The lowest BCUT2D eigenvalue weighted by atomic mass is 9.96. The molecule has 0 saturated carbocycles. The van der Waals surface area contributed by atoms with E-state index in [-0.39, 0.29) is 17.9 Å². The van der Waals surface area contributed by atoms with E-state index in [9.17, 15) is 9.59 Å². The van der Waals surface area contributed by atoms with Crippen molar-refractivity contribution >= 4 is 12.0 Å². The first-order valence-electron chi connectivity index (χ1n) is 8.03. The quantitative estimate of drug-likeness (QED) is 0.697. The number of carbonyl (C=O) groups excluding carboxylic acids is 2. The lowest BCUT2D eigenvalue weighted by Crippen LogP contribution is -2.43. The Kier molecular flexibility index (Phi) is 5.00. The van der Waals surface area contributed by atoms with Crippen molar-refractivity contribution in [2.45, 2.75) is 45.6 Å². The second-order valence-corrected chi connectivity index (χ2v) is 7.18. The van der Waals surface area contributed by atoms with Crippen LogP contribution in [0, 0.1) is 24.2 Å². The normalized spacial score (nSPS) is 23.3. The van der Waals surface area contributed by atoms with E-state index >= 15 is 0 Å². The Morgan fingerprint density at radius 1 is 1.09 bits per heavy atom. The molecular weight excluding hydrogens is 280 g/mol. The van der Waals surface area contributed by atoms with Gasteiger partial charge in [-0.15, -0.1) is 12.3 Å². The zero-order valence-corrected chi connectivity index (χ0v) is 13.8. The molecule has 0 aliphatic carbocycles. The summed E-state index contributed by atoms with van der Waals surface area (Å²) in [5.41, 5.74) is -0.504. The second kappa shape index (κ2) is 6.60. The Morgan fingerprint density at radius 2 is 1.68 bits per heavy atom.